The Morgan fingerprint density at radius 1 is 1.07 bits per heavy atom. The van der Waals surface area contributed by atoms with E-state index >= 15 is 0 Å². The summed E-state index contributed by atoms with van der Waals surface area (Å²) in [5.74, 6) is 1.43. The van der Waals surface area contributed by atoms with E-state index in [1.807, 2.05) is 46.9 Å². The minimum Gasteiger partial charge on any atom is -0.385 e. The lowest BCUT2D eigenvalue weighted by Gasteiger charge is -2.18. The van der Waals surface area contributed by atoms with Gasteiger partial charge in [-0.05, 0) is 30.7 Å². The number of nitrogens with zero attached hydrogens (tertiary/aromatic N) is 5. The van der Waals surface area contributed by atoms with Crippen LogP contribution in [0.3, 0.4) is 0 Å². The van der Waals surface area contributed by atoms with Crippen molar-refractivity contribution < 1.29 is 4.74 Å². The quantitative estimate of drug-likeness (QED) is 0.304. The highest BCUT2D eigenvalue weighted by atomic mass is 32.2. The molecule has 0 radical (unpaired) electrons. The standard InChI is InChI=1S/C22H25N5O2S/c1-25(17-9-4-3-5-10-17)14-16-30-22-24-23-21-26(13-8-15-29-2)20(28)18-11-6-7-12-19(18)27(21)22/h3-7,9-12H,8,13-16H2,1-2H3. The molecule has 0 bridgehead atoms. The van der Waals surface area contributed by atoms with Gasteiger partial charge in [0.2, 0.25) is 5.78 Å². The van der Waals surface area contributed by atoms with E-state index in [4.69, 9.17) is 4.74 Å². The Morgan fingerprint density at radius 3 is 2.63 bits per heavy atom. The van der Waals surface area contributed by atoms with E-state index in [0.717, 1.165) is 29.4 Å². The minimum absolute atomic E-state index is 0.0398. The van der Waals surface area contributed by atoms with Gasteiger partial charge in [0.1, 0.15) is 0 Å². The van der Waals surface area contributed by atoms with Crippen molar-refractivity contribution in [1.82, 2.24) is 19.2 Å². The predicted molar refractivity (Wildman–Crippen MR) is 122 cm³/mol. The number of hydrogen-bond donors (Lipinski definition) is 0. The van der Waals surface area contributed by atoms with Gasteiger partial charge < -0.3 is 9.64 Å². The van der Waals surface area contributed by atoms with Crippen LogP contribution in [-0.4, -0.2) is 52.2 Å². The van der Waals surface area contributed by atoms with Crippen LogP contribution in [0, 0.1) is 0 Å². The zero-order valence-corrected chi connectivity index (χ0v) is 18.0. The van der Waals surface area contributed by atoms with Gasteiger partial charge >= 0.3 is 0 Å². The molecule has 0 aliphatic heterocycles. The van der Waals surface area contributed by atoms with Crippen LogP contribution >= 0.6 is 11.8 Å². The average molecular weight is 424 g/mol. The lowest BCUT2D eigenvalue weighted by molar-refractivity contribution is 0.190. The highest BCUT2D eigenvalue weighted by Crippen LogP contribution is 2.22. The van der Waals surface area contributed by atoms with Gasteiger partial charge in [0, 0.05) is 45.3 Å². The number of anilines is 1. The van der Waals surface area contributed by atoms with Gasteiger partial charge in [0.25, 0.3) is 5.56 Å². The van der Waals surface area contributed by atoms with E-state index < -0.39 is 0 Å². The molecule has 0 unspecified atom stereocenters. The minimum atomic E-state index is -0.0398. The molecule has 0 N–H and O–H groups in total. The average Bonchev–Trinajstić information content (AvgIpc) is 3.20. The maximum Gasteiger partial charge on any atom is 0.262 e. The number of ether oxygens (including phenoxy) is 1. The molecule has 0 saturated heterocycles. The monoisotopic (exact) mass is 423 g/mol. The number of thioether (sulfide) groups is 1. The number of hydrogen-bond acceptors (Lipinski definition) is 6. The molecule has 4 rings (SSSR count). The third-order valence-corrected chi connectivity index (χ3v) is 5.97. The van der Waals surface area contributed by atoms with E-state index in [1.165, 1.54) is 5.69 Å². The third-order valence-electron chi connectivity index (χ3n) is 5.06. The highest BCUT2D eigenvalue weighted by Gasteiger charge is 2.16. The fourth-order valence-corrected chi connectivity index (χ4v) is 4.44. The molecule has 30 heavy (non-hydrogen) atoms. The normalized spacial score (nSPS) is 11.4. The molecule has 7 nitrogen and oxygen atoms in total. The summed E-state index contributed by atoms with van der Waals surface area (Å²) in [7, 11) is 3.75. The summed E-state index contributed by atoms with van der Waals surface area (Å²) >= 11 is 1.64. The molecule has 0 spiro atoms. The first-order chi connectivity index (χ1) is 14.7. The zero-order chi connectivity index (χ0) is 20.9. The Labute approximate surface area is 179 Å². The highest BCUT2D eigenvalue weighted by molar-refractivity contribution is 7.99. The van der Waals surface area contributed by atoms with Crippen molar-refractivity contribution >= 4 is 34.1 Å². The number of para-hydroxylation sites is 2. The smallest absolute Gasteiger partial charge is 0.262 e. The molecular weight excluding hydrogens is 398 g/mol. The summed E-state index contributed by atoms with van der Waals surface area (Å²) < 4.78 is 8.85. The fourth-order valence-electron chi connectivity index (χ4n) is 3.48. The summed E-state index contributed by atoms with van der Waals surface area (Å²) in [6.45, 7) is 2.00. The maximum absolute atomic E-state index is 13.0. The van der Waals surface area contributed by atoms with Gasteiger partial charge in [-0.25, -0.2) is 0 Å². The lowest BCUT2D eigenvalue weighted by Crippen LogP contribution is -2.24. The molecule has 2 aromatic carbocycles. The van der Waals surface area contributed by atoms with Gasteiger partial charge in [0.15, 0.2) is 5.16 Å². The fraction of sp³-hybridized carbons (Fsp3) is 0.318. The molecular formula is C22H25N5O2S. The van der Waals surface area contributed by atoms with Crippen molar-refractivity contribution in [3.05, 3.63) is 65.0 Å². The maximum atomic E-state index is 13.0. The zero-order valence-electron chi connectivity index (χ0n) is 17.2. The Balaban J connectivity index is 1.63. The van der Waals surface area contributed by atoms with Crippen molar-refractivity contribution in [2.45, 2.75) is 18.1 Å². The van der Waals surface area contributed by atoms with Crippen molar-refractivity contribution in [3.8, 4) is 0 Å². The van der Waals surface area contributed by atoms with E-state index in [0.29, 0.717) is 24.3 Å². The van der Waals surface area contributed by atoms with E-state index in [2.05, 4.69) is 34.3 Å². The SMILES string of the molecule is COCCCn1c(=O)c2ccccc2n2c(SCCN(C)c3ccccc3)nnc12. The van der Waals surface area contributed by atoms with E-state index in [9.17, 15) is 4.79 Å². The Bertz CT molecular complexity index is 1190. The Kier molecular flexibility index (Phi) is 6.35. The van der Waals surface area contributed by atoms with Crippen LogP contribution in [-0.2, 0) is 11.3 Å². The summed E-state index contributed by atoms with van der Waals surface area (Å²) in [4.78, 5) is 15.3. The van der Waals surface area contributed by atoms with Crippen molar-refractivity contribution in [3.63, 3.8) is 0 Å². The summed E-state index contributed by atoms with van der Waals surface area (Å²) in [6.07, 6.45) is 0.738. The van der Waals surface area contributed by atoms with E-state index in [-0.39, 0.29) is 5.56 Å². The van der Waals surface area contributed by atoms with Gasteiger partial charge in [-0.3, -0.25) is 13.8 Å². The Hall–Kier alpha value is -2.84. The van der Waals surface area contributed by atoms with Crippen LogP contribution in [0.4, 0.5) is 5.69 Å². The summed E-state index contributed by atoms with van der Waals surface area (Å²) in [6, 6.07) is 17.9. The van der Waals surface area contributed by atoms with Crippen molar-refractivity contribution in [2.24, 2.45) is 0 Å². The van der Waals surface area contributed by atoms with Crippen LogP contribution in [0.1, 0.15) is 6.42 Å². The molecule has 4 aromatic rings. The molecule has 0 aliphatic rings. The van der Waals surface area contributed by atoms with Crippen molar-refractivity contribution in [1.29, 1.82) is 0 Å². The number of aromatic nitrogens is 4. The number of fused-ring (bicyclic) bond motifs is 3. The topological polar surface area (TPSA) is 64.7 Å². The number of benzene rings is 2. The molecule has 156 valence electrons. The molecule has 0 aliphatic carbocycles. The van der Waals surface area contributed by atoms with Crippen LogP contribution in [0.15, 0.2) is 64.5 Å². The van der Waals surface area contributed by atoms with Gasteiger partial charge in [-0.1, -0.05) is 42.1 Å². The second kappa shape index (κ2) is 9.32. The van der Waals surface area contributed by atoms with Crippen LogP contribution in [0.25, 0.3) is 16.7 Å². The van der Waals surface area contributed by atoms with Crippen LogP contribution < -0.4 is 10.5 Å². The number of rotatable bonds is 9. The second-order valence-corrected chi connectivity index (χ2v) is 8.11. The van der Waals surface area contributed by atoms with Crippen molar-refractivity contribution in [2.75, 3.05) is 38.0 Å². The molecule has 0 amide bonds. The molecule has 0 saturated carbocycles. The van der Waals surface area contributed by atoms with Crippen LogP contribution in [0.5, 0.6) is 0 Å². The van der Waals surface area contributed by atoms with Gasteiger partial charge in [-0.2, -0.15) is 0 Å². The summed E-state index contributed by atoms with van der Waals surface area (Å²) in [5.41, 5.74) is 1.98. The first-order valence-corrected chi connectivity index (χ1v) is 10.9. The van der Waals surface area contributed by atoms with E-state index in [1.54, 1.807) is 23.4 Å². The second-order valence-electron chi connectivity index (χ2n) is 7.04. The molecule has 2 heterocycles. The molecule has 8 heteroatoms. The number of methoxy groups -OCH3 is 1. The molecule has 2 aromatic heterocycles. The Morgan fingerprint density at radius 2 is 1.83 bits per heavy atom. The van der Waals surface area contributed by atoms with Crippen LogP contribution in [0.2, 0.25) is 0 Å². The molecule has 0 atom stereocenters. The third kappa shape index (κ3) is 4.06. The first kappa shape index (κ1) is 20.4. The largest absolute Gasteiger partial charge is 0.385 e. The molecule has 0 fully saturated rings. The summed E-state index contributed by atoms with van der Waals surface area (Å²) in [5, 5.41) is 10.2. The van der Waals surface area contributed by atoms with Gasteiger partial charge in [-0.15, -0.1) is 10.2 Å². The first-order valence-electron chi connectivity index (χ1n) is 9.95. The number of aryl methyl sites for hydroxylation is 1. The van der Waals surface area contributed by atoms with Gasteiger partial charge in [0.05, 0.1) is 10.9 Å². The predicted octanol–water partition coefficient (Wildman–Crippen LogP) is 3.31. The lowest BCUT2D eigenvalue weighted by atomic mass is 10.2.